The molecule has 0 aromatic heterocycles. The maximum Gasteiger partial charge on any atom is 0.135 e. The van der Waals surface area contributed by atoms with Crippen LogP contribution in [0.15, 0.2) is 18.2 Å². The Labute approximate surface area is 92.5 Å². The van der Waals surface area contributed by atoms with Crippen molar-refractivity contribution in [3.8, 4) is 0 Å². The van der Waals surface area contributed by atoms with E-state index in [2.05, 4.69) is 32.0 Å². The number of rotatable bonds is 4. The predicted octanol–water partition coefficient (Wildman–Crippen LogP) is 3.46. The first-order chi connectivity index (χ1) is 7.00. The smallest absolute Gasteiger partial charge is 0.135 e. The third-order valence-electron chi connectivity index (χ3n) is 2.79. The Kier molecular flexibility index (Phi) is 4.07. The van der Waals surface area contributed by atoms with E-state index in [1.54, 1.807) is 0 Å². The van der Waals surface area contributed by atoms with Crippen molar-refractivity contribution < 1.29 is 4.79 Å². The highest BCUT2D eigenvalue weighted by molar-refractivity contribution is 5.80. The average Bonchev–Trinajstić information content (AvgIpc) is 2.18. The van der Waals surface area contributed by atoms with Crippen molar-refractivity contribution >= 4 is 5.78 Å². The van der Waals surface area contributed by atoms with E-state index in [0.717, 1.165) is 6.42 Å². The standard InChI is InChI=1S/C14H20O/c1-10(2)14(15)8-7-13-9-11(3)5-6-12(13)4/h5-6,9-10H,7-8H2,1-4H3. The number of benzene rings is 1. The average molecular weight is 204 g/mol. The Morgan fingerprint density at radius 1 is 1.27 bits per heavy atom. The molecule has 0 aliphatic carbocycles. The third kappa shape index (κ3) is 3.50. The number of hydrogen-bond donors (Lipinski definition) is 0. The van der Waals surface area contributed by atoms with Gasteiger partial charge in [0, 0.05) is 12.3 Å². The van der Waals surface area contributed by atoms with Crippen LogP contribution in [0.3, 0.4) is 0 Å². The van der Waals surface area contributed by atoms with Gasteiger partial charge in [0.15, 0.2) is 0 Å². The van der Waals surface area contributed by atoms with E-state index in [-0.39, 0.29) is 5.92 Å². The Morgan fingerprint density at radius 3 is 2.53 bits per heavy atom. The summed E-state index contributed by atoms with van der Waals surface area (Å²) in [5, 5.41) is 0. The van der Waals surface area contributed by atoms with Crippen molar-refractivity contribution in [1.82, 2.24) is 0 Å². The number of carbonyl (C=O) groups excluding carboxylic acids is 1. The molecule has 82 valence electrons. The molecule has 1 heteroatoms. The fraction of sp³-hybridized carbons (Fsp3) is 0.500. The van der Waals surface area contributed by atoms with Crippen molar-refractivity contribution in [3.63, 3.8) is 0 Å². The Bertz CT molecular complexity index is 350. The summed E-state index contributed by atoms with van der Waals surface area (Å²) in [6, 6.07) is 6.43. The van der Waals surface area contributed by atoms with Crippen LogP contribution in [-0.2, 0) is 11.2 Å². The quantitative estimate of drug-likeness (QED) is 0.734. The molecule has 0 bridgehead atoms. The zero-order valence-electron chi connectivity index (χ0n) is 10.1. The van der Waals surface area contributed by atoms with Gasteiger partial charge in [-0.2, -0.15) is 0 Å². The number of ketones is 1. The highest BCUT2D eigenvalue weighted by atomic mass is 16.1. The van der Waals surface area contributed by atoms with Crippen LogP contribution in [0, 0.1) is 19.8 Å². The molecule has 0 saturated carbocycles. The van der Waals surface area contributed by atoms with Gasteiger partial charge in [-0.15, -0.1) is 0 Å². The molecule has 15 heavy (non-hydrogen) atoms. The number of Topliss-reactive ketones (excluding diaryl/α,β-unsaturated/α-hetero) is 1. The molecule has 1 nitrogen and oxygen atoms in total. The summed E-state index contributed by atoms with van der Waals surface area (Å²) in [4.78, 5) is 11.5. The first kappa shape index (κ1) is 12.0. The third-order valence-corrected chi connectivity index (χ3v) is 2.79. The van der Waals surface area contributed by atoms with Crippen molar-refractivity contribution in [2.24, 2.45) is 5.92 Å². The molecule has 0 fully saturated rings. The van der Waals surface area contributed by atoms with Gasteiger partial charge in [-0.3, -0.25) is 4.79 Å². The topological polar surface area (TPSA) is 17.1 Å². The molecule has 0 spiro atoms. The SMILES string of the molecule is Cc1ccc(C)c(CCC(=O)C(C)C)c1. The molecule has 0 unspecified atom stereocenters. The number of carbonyl (C=O) groups is 1. The first-order valence-electron chi connectivity index (χ1n) is 5.59. The predicted molar refractivity (Wildman–Crippen MR) is 64.1 cm³/mol. The molecule has 1 rings (SSSR count). The minimum absolute atomic E-state index is 0.162. The van der Waals surface area contributed by atoms with Gasteiger partial charge >= 0.3 is 0 Å². The molecule has 0 radical (unpaired) electrons. The molecule has 0 heterocycles. The molecule has 1 aromatic carbocycles. The lowest BCUT2D eigenvalue weighted by molar-refractivity contribution is -0.121. The number of aryl methyl sites for hydroxylation is 3. The molecular weight excluding hydrogens is 184 g/mol. The minimum atomic E-state index is 0.162. The molecule has 0 aliphatic heterocycles. The van der Waals surface area contributed by atoms with Crippen LogP contribution in [0.2, 0.25) is 0 Å². The summed E-state index contributed by atoms with van der Waals surface area (Å²) >= 11 is 0. The van der Waals surface area contributed by atoms with Crippen molar-refractivity contribution in [3.05, 3.63) is 34.9 Å². The molecule has 0 atom stereocenters. The summed E-state index contributed by atoms with van der Waals surface area (Å²) in [6.45, 7) is 8.12. The van der Waals surface area contributed by atoms with E-state index in [1.165, 1.54) is 16.7 Å². The van der Waals surface area contributed by atoms with E-state index in [4.69, 9.17) is 0 Å². The molecule has 0 amide bonds. The van der Waals surface area contributed by atoms with Crippen molar-refractivity contribution in [2.75, 3.05) is 0 Å². The summed E-state index contributed by atoms with van der Waals surface area (Å²) in [6.07, 6.45) is 1.55. The van der Waals surface area contributed by atoms with Gasteiger partial charge < -0.3 is 0 Å². The van der Waals surface area contributed by atoms with E-state index in [0.29, 0.717) is 12.2 Å². The van der Waals surface area contributed by atoms with Gasteiger partial charge in [0.1, 0.15) is 5.78 Å². The fourth-order valence-electron chi connectivity index (χ4n) is 1.62. The molecule has 0 saturated heterocycles. The molecular formula is C14H20O. The second kappa shape index (κ2) is 5.11. The van der Waals surface area contributed by atoms with E-state index < -0.39 is 0 Å². The summed E-state index contributed by atoms with van der Waals surface area (Å²) in [5.74, 6) is 0.519. The van der Waals surface area contributed by atoms with Crippen LogP contribution in [0.5, 0.6) is 0 Å². The summed E-state index contributed by atoms with van der Waals surface area (Å²) in [5.41, 5.74) is 3.87. The highest BCUT2D eigenvalue weighted by Gasteiger charge is 2.08. The second-order valence-electron chi connectivity index (χ2n) is 4.55. The van der Waals surface area contributed by atoms with Crippen LogP contribution in [-0.4, -0.2) is 5.78 Å². The maximum atomic E-state index is 11.5. The Balaban J connectivity index is 2.65. The van der Waals surface area contributed by atoms with Gasteiger partial charge in [-0.25, -0.2) is 0 Å². The van der Waals surface area contributed by atoms with Gasteiger partial charge in [0.25, 0.3) is 0 Å². The molecule has 0 N–H and O–H groups in total. The summed E-state index contributed by atoms with van der Waals surface area (Å²) in [7, 11) is 0. The van der Waals surface area contributed by atoms with Crippen LogP contribution < -0.4 is 0 Å². The monoisotopic (exact) mass is 204 g/mol. The van der Waals surface area contributed by atoms with Crippen molar-refractivity contribution in [2.45, 2.75) is 40.5 Å². The van der Waals surface area contributed by atoms with Gasteiger partial charge in [0.05, 0.1) is 0 Å². The van der Waals surface area contributed by atoms with Crippen LogP contribution in [0.4, 0.5) is 0 Å². The van der Waals surface area contributed by atoms with Crippen molar-refractivity contribution in [1.29, 1.82) is 0 Å². The van der Waals surface area contributed by atoms with E-state index in [1.807, 2.05) is 13.8 Å². The lowest BCUT2D eigenvalue weighted by Crippen LogP contribution is -2.08. The first-order valence-corrected chi connectivity index (χ1v) is 5.59. The highest BCUT2D eigenvalue weighted by Crippen LogP contribution is 2.14. The zero-order chi connectivity index (χ0) is 11.4. The van der Waals surface area contributed by atoms with Crippen LogP contribution in [0.1, 0.15) is 37.0 Å². The largest absolute Gasteiger partial charge is 0.299 e. The van der Waals surface area contributed by atoms with Crippen LogP contribution in [0.25, 0.3) is 0 Å². The zero-order valence-corrected chi connectivity index (χ0v) is 10.1. The number of hydrogen-bond acceptors (Lipinski definition) is 1. The van der Waals surface area contributed by atoms with Crippen LogP contribution >= 0.6 is 0 Å². The minimum Gasteiger partial charge on any atom is -0.299 e. The molecule has 1 aromatic rings. The lowest BCUT2D eigenvalue weighted by Gasteiger charge is -2.08. The maximum absolute atomic E-state index is 11.5. The lowest BCUT2D eigenvalue weighted by atomic mass is 9.97. The fourth-order valence-corrected chi connectivity index (χ4v) is 1.62. The van der Waals surface area contributed by atoms with E-state index in [9.17, 15) is 4.79 Å². The van der Waals surface area contributed by atoms with Gasteiger partial charge in [0.2, 0.25) is 0 Å². The van der Waals surface area contributed by atoms with Gasteiger partial charge in [-0.05, 0) is 31.4 Å². The second-order valence-corrected chi connectivity index (χ2v) is 4.55. The Morgan fingerprint density at radius 2 is 1.93 bits per heavy atom. The Hall–Kier alpha value is -1.11. The summed E-state index contributed by atoms with van der Waals surface area (Å²) < 4.78 is 0. The molecule has 0 aliphatic rings. The van der Waals surface area contributed by atoms with E-state index >= 15 is 0 Å². The van der Waals surface area contributed by atoms with Gasteiger partial charge in [-0.1, -0.05) is 37.6 Å². The normalized spacial score (nSPS) is 10.7.